The van der Waals surface area contributed by atoms with Gasteiger partial charge in [-0.25, -0.2) is 0 Å². The van der Waals surface area contributed by atoms with Gasteiger partial charge < -0.3 is 4.74 Å². The molecular weight excluding hydrogens is 280 g/mol. The second-order valence-corrected chi connectivity index (χ2v) is 6.10. The molecule has 0 aliphatic carbocycles. The van der Waals surface area contributed by atoms with Gasteiger partial charge in [0, 0.05) is 5.56 Å². The van der Waals surface area contributed by atoms with Crippen molar-refractivity contribution >= 4 is 5.76 Å². The molecule has 1 heteroatoms. The van der Waals surface area contributed by atoms with Crippen molar-refractivity contribution < 1.29 is 4.74 Å². The van der Waals surface area contributed by atoms with Crippen LogP contribution in [-0.2, 0) is 4.74 Å². The fraction of sp³-hybridized carbons (Fsp3) is 0.364. The predicted octanol–water partition coefficient (Wildman–Crippen LogP) is 6.56. The molecular formula is C22H28O. The fourth-order valence-electron chi connectivity index (χ4n) is 2.70. The lowest BCUT2D eigenvalue weighted by atomic mass is 10.0. The molecule has 2 aromatic rings. The summed E-state index contributed by atoms with van der Waals surface area (Å²) in [6.45, 7) is 9.37. The molecule has 0 fully saturated rings. The van der Waals surface area contributed by atoms with Gasteiger partial charge in [0.2, 0.25) is 0 Å². The van der Waals surface area contributed by atoms with Crippen molar-refractivity contribution in [3.8, 4) is 11.1 Å². The number of hydrogen-bond donors (Lipinski definition) is 0. The molecule has 0 aromatic heterocycles. The molecule has 0 amide bonds. The van der Waals surface area contributed by atoms with Crippen molar-refractivity contribution in [2.45, 2.75) is 39.5 Å². The van der Waals surface area contributed by atoms with Gasteiger partial charge in [-0.3, -0.25) is 0 Å². The minimum Gasteiger partial charge on any atom is -0.493 e. The molecule has 2 aromatic carbocycles. The SMILES string of the molecule is C=C(OCC(CC)CCCC)c1cccc(-c2ccccc2)c1. The molecule has 0 saturated carbocycles. The zero-order valence-corrected chi connectivity index (χ0v) is 14.4. The molecule has 0 radical (unpaired) electrons. The first-order valence-corrected chi connectivity index (χ1v) is 8.72. The summed E-state index contributed by atoms with van der Waals surface area (Å²) in [4.78, 5) is 0. The van der Waals surface area contributed by atoms with E-state index in [0.717, 1.165) is 24.4 Å². The summed E-state index contributed by atoms with van der Waals surface area (Å²) in [6.07, 6.45) is 4.93. The first-order chi connectivity index (χ1) is 11.2. The van der Waals surface area contributed by atoms with Crippen LogP contribution in [0.4, 0.5) is 0 Å². The number of hydrogen-bond acceptors (Lipinski definition) is 1. The minimum absolute atomic E-state index is 0.629. The van der Waals surface area contributed by atoms with E-state index in [2.05, 4.69) is 69.0 Å². The lowest BCUT2D eigenvalue weighted by molar-refractivity contribution is 0.204. The van der Waals surface area contributed by atoms with Gasteiger partial charge in [-0.15, -0.1) is 0 Å². The Morgan fingerprint density at radius 1 is 1.00 bits per heavy atom. The highest BCUT2D eigenvalue weighted by Crippen LogP contribution is 2.24. The molecule has 0 N–H and O–H groups in total. The molecule has 0 bridgehead atoms. The largest absolute Gasteiger partial charge is 0.493 e. The number of unbranched alkanes of at least 4 members (excludes halogenated alkanes) is 1. The Morgan fingerprint density at radius 2 is 1.74 bits per heavy atom. The van der Waals surface area contributed by atoms with E-state index in [-0.39, 0.29) is 0 Å². The van der Waals surface area contributed by atoms with Crippen molar-refractivity contribution in [1.29, 1.82) is 0 Å². The lowest BCUT2D eigenvalue weighted by Crippen LogP contribution is -2.08. The molecule has 1 unspecified atom stereocenters. The van der Waals surface area contributed by atoms with Crippen LogP contribution < -0.4 is 0 Å². The van der Waals surface area contributed by atoms with Crippen molar-refractivity contribution in [3.63, 3.8) is 0 Å². The van der Waals surface area contributed by atoms with Gasteiger partial charge >= 0.3 is 0 Å². The molecule has 1 nitrogen and oxygen atoms in total. The maximum atomic E-state index is 5.97. The number of ether oxygens (including phenoxy) is 1. The van der Waals surface area contributed by atoms with E-state index in [9.17, 15) is 0 Å². The normalized spacial score (nSPS) is 11.9. The van der Waals surface area contributed by atoms with Crippen LogP contribution in [0, 0.1) is 5.92 Å². The van der Waals surface area contributed by atoms with E-state index in [1.807, 2.05) is 6.07 Å². The Kier molecular flexibility index (Phi) is 6.93. The van der Waals surface area contributed by atoms with Crippen molar-refractivity contribution in [2.24, 2.45) is 5.92 Å². The van der Waals surface area contributed by atoms with Gasteiger partial charge in [-0.1, -0.05) is 88.2 Å². The van der Waals surface area contributed by atoms with Gasteiger partial charge in [0.1, 0.15) is 5.76 Å². The van der Waals surface area contributed by atoms with Gasteiger partial charge in [0.25, 0.3) is 0 Å². The molecule has 2 rings (SSSR count). The third-order valence-electron chi connectivity index (χ3n) is 4.33. The third-order valence-corrected chi connectivity index (χ3v) is 4.33. The molecule has 0 aliphatic rings. The first kappa shape index (κ1) is 17.3. The summed E-state index contributed by atoms with van der Waals surface area (Å²) in [5, 5.41) is 0. The molecule has 122 valence electrons. The van der Waals surface area contributed by atoms with Crippen LogP contribution in [0.25, 0.3) is 16.9 Å². The zero-order valence-electron chi connectivity index (χ0n) is 14.4. The van der Waals surface area contributed by atoms with E-state index in [1.54, 1.807) is 0 Å². The van der Waals surface area contributed by atoms with Crippen molar-refractivity contribution in [2.75, 3.05) is 6.61 Å². The molecule has 0 aliphatic heterocycles. The summed E-state index contributed by atoms with van der Waals surface area (Å²) in [5.74, 6) is 1.40. The average molecular weight is 308 g/mol. The maximum absolute atomic E-state index is 5.97. The van der Waals surface area contributed by atoms with Crippen LogP contribution >= 0.6 is 0 Å². The van der Waals surface area contributed by atoms with E-state index >= 15 is 0 Å². The van der Waals surface area contributed by atoms with Gasteiger partial charge in [0.15, 0.2) is 0 Å². The molecule has 1 atom stereocenters. The summed E-state index contributed by atoms with van der Waals surface area (Å²) in [7, 11) is 0. The fourth-order valence-corrected chi connectivity index (χ4v) is 2.70. The summed E-state index contributed by atoms with van der Waals surface area (Å²) in [6, 6.07) is 18.8. The smallest absolute Gasteiger partial charge is 0.119 e. The van der Waals surface area contributed by atoms with Gasteiger partial charge in [0.05, 0.1) is 6.61 Å². The average Bonchev–Trinajstić information content (AvgIpc) is 2.62. The van der Waals surface area contributed by atoms with E-state index < -0.39 is 0 Å². The Balaban J connectivity index is 2.00. The van der Waals surface area contributed by atoms with Crippen LogP contribution in [0.15, 0.2) is 61.2 Å². The van der Waals surface area contributed by atoms with E-state index in [4.69, 9.17) is 4.74 Å². The maximum Gasteiger partial charge on any atom is 0.119 e. The predicted molar refractivity (Wildman–Crippen MR) is 100 cm³/mol. The summed E-state index contributed by atoms with van der Waals surface area (Å²) >= 11 is 0. The zero-order chi connectivity index (χ0) is 16.5. The Labute approximate surface area is 141 Å². The van der Waals surface area contributed by atoms with E-state index in [1.165, 1.54) is 30.4 Å². The second kappa shape index (κ2) is 9.19. The Hall–Kier alpha value is -2.02. The van der Waals surface area contributed by atoms with Crippen LogP contribution in [0.1, 0.15) is 45.1 Å². The topological polar surface area (TPSA) is 9.23 Å². The van der Waals surface area contributed by atoms with Crippen molar-refractivity contribution in [1.82, 2.24) is 0 Å². The molecule has 23 heavy (non-hydrogen) atoms. The number of rotatable bonds is 9. The number of benzene rings is 2. The third kappa shape index (κ3) is 5.28. The first-order valence-electron chi connectivity index (χ1n) is 8.72. The van der Waals surface area contributed by atoms with Crippen molar-refractivity contribution in [3.05, 3.63) is 66.7 Å². The van der Waals surface area contributed by atoms with Crippen LogP contribution in [-0.4, -0.2) is 6.61 Å². The summed E-state index contributed by atoms with van der Waals surface area (Å²) < 4.78 is 5.97. The monoisotopic (exact) mass is 308 g/mol. The standard InChI is InChI=1S/C22H28O/c1-4-6-11-19(5-2)17-23-18(3)21-14-10-15-22(16-21)20-12-8-7-9-13-20/h7-10,12-16,19H,3-6,11,17H2,1-2H3. The summed E-state index contributed by atoms with van der Waals surface area (Å²) in [5.41, 5.74) is 3.49. The highest BCUT2D eigenvalue weighted by Gasteiger charge is 2.09. The highest BCUT2D eigenvalue weighted by molar-refractivity contribution is 5.69. The molecule has 0 heterocycles. The Morgan fingerprint density at radius 3 is 2.43 bits per heavy atom. The lowest BCUT2D eigenvalue weighted by Gasteiger charge is -2.17. The quantitative estimate of drug-likeness (QED) is 0.477. The molecule has 0 saturated heterocycles. The van der Waals surface area contributed by atoms with Crippen LogP contribution in [0.3, 0.4) is 0 Å². The van der Waals surface area contributed by atoms with Crippen LogP contribution in [0.5, 0.6) is 0 Å². The van der Waals surface area contributed by atoms with Crippen LogP contribution in [0.2, 0.25) is 0 Å². The highest BCUT2D eigenvalue weighted by atomic mass is 16.5. The van der Waals surface area contributed by atoms with Gasteiger partial charge in [-0.2, -0.15) is 0 Å². The van der Waals surface area contributed by atoms with Gasteiger partial charge in [-0.05, 0) is 29.5 Å². The second-order valence-electron chi connectivity index (χ2n) is 6.10. The minimum atomic E-state index is 0.629. The Bertz CT molecular complexity index is 600. The van der Waals surface area contributed by atoms with E-state index in [0.29, 0.717) is 5.92 Å². The molecule has 0 spiro atoms.